The molecule has 0 aliphatic heterocycles. The van der Waals surface area contributed by atoms with Gasteiger partial charge >= 0.3 is 0 Å². The van der Waals surface area contributed by atoms with Crippen LogP contribution in [0.1, 0.15) is 40.5 Å². The summed E-state index contributed by atoms with van der Waals surface area (Å²) in [5.74, 6) is 4.75. The van der Waals surface area contributed by atoms with E-state index >= 15 is 0 Å². The first-order valence-corrected chi connectivity index (χ1v) is 6.04. The van der Waals surface area contributed by atoms with E-state index in [1.165, 1.54) is 12.8 Å². The number of Topliss-reactive ketones (excluding diaryl/α,β-unsaturated/α-hetero) is 1. The second kappa shape index (κ2) is 3.36. The zero-order valence-electron chi connectivity index (χ0n) is 9.79. The number of rotatable bonds is 2. The number of carbonyl (C=O) groups is 1. The summed E-state index contributed by atoms with van der Waals surface area (Å²) in [6.45, 7) is 8.74. The number of hydrogen-bond acceptors (Lipinski definition) is 1. The zero-order chi connectivity index (χ0) is 10.5. The van der Waals surface area contributed by atoms with Crippen molar-refractivity contribution in [2.75, 3.05) is 0 Å². The third-order valence-electron chi connectivity index (χ3n) is 4.57. The van der Waals surface area contributed by atoms with Crippen LogP contribution >= 0.6 is 0 Å². The normalized spacial score (nSPS) is 46.2. The van der Waals surface area contributed by atoms with Gasteiger partial charge < -0.3 is 0 Å². The van der Waals surface area contributed by atoms with Crippen molar-refractivity contribution in [1.29, 1.82) is 0 Å². The van der Waals surface area contributed by atoms with Crippen LogP contribution < -0.4 is 0 Å². The van der Waals surface area contributed by atoms with Crippen LogP contribution in [0.3, 0.4) is 0 Å². The van der Waals surface area contributed by atoms with E-state index < -0.39 is 0 Å². The van der Waals surface area contributed by atoms with Crippen molar-refractivity contribution >= 4 is 5.78 Å². The molecule has 0 heterocycles. The minimum absolute atomic E-state index is 0.430. The Kier molecular flexibility index (Phi) is 2.45. The second-order valence-electron chi connectivity index (χ2n) is 5.75. The molecule has 0 aromatic heterocycles. The van der Waals surface area contributed by atoms with Crippen LogP contribution in [0.25, 0.3) is 0 Å². The number of ketones is 1. The van der Waals surface area contributed by atoms with E-state index in [1.807, 2.05) is 0 Å². The fourth-order valence-electron chi connectivity index (χ4n) is 3.80. The second-order valence-corrected chi connectivity index (χ2v) is 5.75. The minimum Gasteiger partial charge on any atom is -0.300 e. The first-order chi connectivity index (χ1) is 6.54. The van der Waals surface area contributed by atoms with Gasteiger partial charge in [0.15, 0.2) is 0 Å². The van der Waals surface area contributed by atoms with E-state index in [1.54, 1.807) is 6.92 Å². The molecule has 0 aromatic rings. The summed E-state index contributed by atoms with van der Waals surface area (Å²) in [4.78, 5) is 11.5. The summed E-state index contributed by atoms with van der Waals surface area (Å²) in [5.41, 5.74) is 0. The standard InChI is InChI=1S/C13H22O/c1-7(2)10-6-5-8(3)11-12(9(4)14)13(10)11/h7-8,10-13H,5-6H2,1-4H3/t8-,10+,11-,12-,13-/m1/s1. The van der Waals surface area contributed by atoms with Gasteiger partial charge in [-0.05, 0) is 42.9 Å². The molecular weight excluding hydrogens is 172 g/mol. The van der Waals surface area contributed by atoms with Crippen molar-refractivity contribution in [3.05, 3.63) is 0 Å². The lowest BCUT2D eigenvalue weighted by Gasteiger charge is -2.28. The molecule has 80 valence electrons. The quantitative estimate of drug-likeness (QED) is 0.660. The lowest BCUT2D eigenvalue weighted by Crippen LogP contribution is -2.20. The van der Waals surface area contributed by atoms with Crippen molar-refractivity contribution in [2.24, 2.45) is 35.5 Å². The highest BCUT2D eigenvalue weighted by Gasteiger charge is 2.60. The molecule has 2 fully saturated rings. The fraction of sp³-hybridized carbons (Fsp3) is 0.923. The maximum absolute atomic E-state index is 11.5. The fourth-order valence-corrected chi connectivity index (χ4v) is 3.80. The molecule has 0 saturated heterocycles. The van der Waals surface area contributed by atoms with Crippen molar-refractivity contribution in [1.82, 2.24) is 0 Å². The Balaban J connectivity index is 2.11. The molecule has 0 aromatic carbocycles. The van der Waals surface area contributed by atoms with Gasteiger partial charge in [0.1, 0.15) is 5.78 Å². The predicted octanol–water partition coefficient (Wildman–Crippen LogP) is 3.14. The Labute approximate surface area is 87.3 Å². The molecule has 2 rings (SSSR count). The predicted molar refractivity (Wildman–Crippen MR) is 57.9 cm³/mol. The summed E-state index contributed by atoms with van der Waals surface area (Å²) in [6, 6.07) is 0. The molecule has 1 heteroatoms. The van der Waals surface area contributed by atoms with Crippen molar-refractivity contribution in [3.8, 4) is 0 Å². The highest BCUT2D eigenvalue weighted by atomic mass is 16.1. The average molecular weight is 194 g/mol. The maximum Gasteiger partial charge on any atom is 0.133 e. The zero-order valence-corrected chi connectivity index (χ0v) is 9.79. The molecule has 0 radical (unpaired) electrons. The van der Waals surface area contributed by atoms with Gasteiger partial charge in [0.05, 0.1) is 0 Å². The third kappa shape index (κ3) is 1.41. The number of hydrogen-bond donors (Lipinski definition) is 0. The van der Waals surface area contributed by atoms with Crippen LogP contribution in [0.15, 0.2) is 0 Å². The van der Waals surface area contributed by atoms with Gasteiger partial charge in [-0.25, -0.2) is 0 Å². The minimum atomic E-state index is 0.430. The Morgan fingerprint density at radius 3 is 2.36 bits per heavy atom. The van der Waals surface area contributed by atoms with Crippen LogP contribution in [0, 0.1) is 35.5 Å². The topological polar surface area (TPSA) is 17.1 Å². The first kappa shape index (κ1) is 10.2. The lowest BCUT2D eigenvalue weighted by molar-refractivity contribution is -0.118. The van der Waals surface area contributed by atoms with Crippen LogP contribution in [-0.4, -0.2) is 5.78 Å². The van der Waals surface area contributed by atoms with Crippen LogP contribution in [0.2, 0.25) is 0 Å². The molecule has 2 aliphatic rings. The van der Waals surface area contributed by atoms with Gasteiger partial charge in [-0.2, -0.15) is 0 Å². The average Bonchev–Trinajstić information content (AvgIpc) is 2.79. The Morgan fingerprint density at radius 2 is 1.86 bits per heavy atom. The van der Waals surface area contributed by atoms with E-state index in [-0.39, 0.29) is 0 Å². The highest BCUT2D eigenvalue weighted by molar-refractivity contribution is 5.82. The molecule has 0 unspecified atom stereocenters. The third-order valence-corrected chi connectivity index (χ3v) is 4.57. The molecule has 1 nitrogen and oxygen atoms in total. The molecule has 0 spiro atoms. The molecule has 14 heavy (non-hydrogen) atoms. The largest absolute Gasteiger partial charge is 0.300 e. The summed E-state index contributed by atoms with van der Waals surface area (Å²) in [5, 5.41) is 0. The van der Waals surface area contributed by atoms with Gasteiger partial charge in [0.25, 0.3) is 0 Å². The van der Waals surface area contributed by atoms with Gasteiger partial charge in [-0.3, -0.25) is 4.79 Å². The van der Waals surface area contributed by atoms with Gasteiger partial charge in [0.2, 0.25) is 0 Å². The Morgan fingerprint density at radius 1 is 1.21 bits per heavy atom. The molecule has 2 saturated carbocycles. The summed E-state index contributed by atoms with van der Waals surface area (Å²) in [7, 11) is 0. The van der Waals surface area contributed by atoms with E-state index in [2.05, 4.69) is 20.8 Å². The molecule has 0 amide bonds. The van der Waals surface area contributed by atoms with Crippen LogP contribution in [0.4, 0.5) is 0 Å². The van der Waals surface area contributed by atoms with Gasteiger partial charge in [0, 0.05) is 5.92 Å². The number of fused-ring (bicyclic) bond motifs is 1. The monoisotopic (exact) mass is 194 g/mol. The summed E-state index contributed by atoms with van der Waals surface area (Å²) < 4.78 is 0. The SMILES string of the molecule is CC(=O)[C@@H]1[C@@H]2[C@H]1[C@H](C(C)C)CC[C@H]2C. The first-order valence-electron chi connectivity index (χ1n) is 6.04. The van der Waals surface area contributed by atoms with Crippen LogP contribution in [0.5, 0.6) is 0 Å². The van der Waals surface area contributed by atoms with Crippen molar-refractivity contribution < 1.29 is 4.79 Å². The Bertz CT molecular complexity index is 244. The maximum atomic E-state index is 11.5. The Hall–Kier alpha value is -0.330. The molecule has 2 aliphatic carbocycles. The van der Waals surface area contributed by atoms with Crippen LogP contribution in [-0.2, 0) is 4.79 Å². The van der Waals surface area contributed by atoms with E-state index in [0.29, 0.717) is 11.7 Å². The molecule has 0 N–H and O–H groups in total. The van der Waals surface area contributed by atoms with E-state index in [0.717, 1.165) is 29.6 Å². The van der Waals surface area contributed by atoms with E-state index in [9.17, 15) is 4.79 Å². The van der Waals surface area contributed by atoms with Crippen molar-refractivity contribution in [3.63, 3.8) is 0 Å². The summed E-state index contributed by atoms with van der Waals surface area (Å²) in [6.07, 6.45) is 2.69. The smallest absolute Gasteiger partial charge is 0.133 e. The molecule has 0 bridgehead atoms. The lowest BCUT2D eigenvalue weighted by atomic mass is 9.77. The van der Waals surface area contributed by atoms with Gasteiger partial charge in [-0.15, -0.1) is 0 Å². The highest BCUT2D eigenvalue weighted by Crippen LogP contribution is 2.62. The van der Waals surface area contributed by atoms with Crippen molar-refractivity contribution in [2.45, 2.75) is 40.5 Å². The molecule has 5 atom stereocenters. The van der Waals surface area contributed by atoms with E-state index in [4.69, 9.17) is 0 Å². The summed E-state index contributed by atoms with van der Waals surface area (Å²) >= 11 is 0. The molecular formula is C13H22O. The number of carbonyl (C=O) groups excluding carboxylic acids is 1. The van der Waals surface area contributed by atoms with Gasteiger partial charge in [-0.1, -0.05) is 27.2 Å².